The van der Waals surface area contributed by atoms with Crippen molar-refractivity contribution in [2.45, 2.75) is 0 Å². The maximum absolute atomic E-state index is 5.15. The molecule has 0 saturated carbocycles. The molecule has 4 aromatic carbocycles. The number of fused-ring (bicyclic) bond motifs is 12. The van der Waals surface area contributed by atoms with Gasteiger partial charge in [0.2, 0.25) is 0 Å². The van der Waals surface area contributed by atoms with E-state index in [9.17, 15) is 0 Å². The van der Waals surface area contributed by atoms with Crippen LogP contribution in [0, 0.1) is 0 Å². The Morgan fingerprint density at radius 2 is 1.04 bits per heavy atom. The molecule has 0 unspecified atom stereocenters. The first kappa shape index (κ1) is 33.0. The molecule has 0 spiro atoms. The molecule has 0 saturated heterocycles. The van der Waals surface area contributed by atoms with E-state index < -0.39 is 0 Å². The molecular formula is C38H24Cl3FeN4. The van der Waals surface area contributed by atoms with Crippen LogP contribution in [-0.2, 0) is 17.1 Å². The first-order valence-electron chi connectivity index (χ1n) is 14.2. The zero-order chi connectivity index (χ0) is 27.6. The summed E-state index contributed by atoms with van der Waals surface area (Å²) in [6.07, 6.45) is 8.32. The van der Waals surface area contributed by atoms with Gasteiger partial charge in [-0.25, -0.2) is 9.97 Å². The second-order valence-electron chi connectivity index (χ2n) is 10.9. The average Bonchev–Trinajstić information content (AvgIpc) is 3.83. The van der Waals surface area contributed by atoms with Crippen molar-refractivity contribution in [1.82, 2.24) is 19.9 Å². The van der Waals surface area contributed by atoms with Crippen LogP contribution in [0.5, 0.6) is 0 Å². The Balaban J connectivity index is 0.00000104. The zero-order valence-corrected chi connectivity index (χ0v) is 27.5. The van der Waals surface area contributed by atoms with Gasteiger partial charge in [0.1, 0.15) is 0 Å². The van der Waals surface area contributed by atoms with Gasteiger partial charge in [0.15, 0.2) is 0 Å². The van der Waals surface area contributed by atoms with E-state index in [1.807, 2.05) is 6.08 Å². The van der Waals surface area contributed by atoms with Crippen molar-refractivity contribution in [2.24, 2.45) is 0 Å². The van der Waals surface area contributed by atoms with Crippen molar-refractivity contribution in [2.75, 3.05) is 0 Å². The second-order valence-corrected chi connectivity index (χ2v) is 10.9. The molecule has 9 rings (SSSR count). The van der Waals surface area contributed by atoms with Crippen LogP contribution in [0.1, 0.15) is 22.8 Å². The normalized spacial score (nSPS) is 11.5. The summed E-state index contributed by atoms with van der Waals surface area (Å²) in [4.78, 5) is 17.1. The maximum atomic E-state index is 5.15. The van der Waals surface area contributed by atoms with E-state index in [2.05, 4.69) is 137 Å². The van der Waals surface area contributed by atoms with Crippen LogP contribution >= 0.6 is 0 Å². The topological polar surface area (TPSA) is 57.4 Å². The van der Waals surface area contributed by atoms with E-state index in [1.165, 1.54) is 32.3 Å². The van der Waals surface area contributed by atoms with Gasteiger partial charge in [-0.3, -0.25) is 0 Å². The monoisotopic (exact) mass is 697 g/mol. The van der Waals surface area contributed by atoms with Gasteiger partial charge < -0.3 is 47.2 Å². The third-order valence-electron chi connectivity index (χ3n) is 8.22. The Kier molecular flexibility index (Phi) is 9.46. The fourth-order valence-corrected chi connectivity index (χ4v) is 6.30. The number of rotatable bonds is 1. The Morgan fingerprint density at radius 3 is 1.78 bits per heavy atom. The number of nitrogens with one attached hydrogen (secondary N) is 2. The molecule has 0 fully saturated rings. The minimum absolute atomic E-state index is 0. The standard InChI is InChI=1S/C38H24N4.3ClH.Fe/c1-2-5-25-19-34-26(18-24(25)4-1)9-8-23-6-3-7-33(37(23)34)38-35-16-14-31(41-35)21-29-12-10-27(39-29)20-28-11-13-30(40-28)22-32-15-17-36(38)42-32;;;;/h1-22,39,42H;3*1H;/q;;;;+3/p-3. The van der Waals surface area contributed by atoms with E-state index in [4.69, 9.17) is 9.97 Å². The first-order chi connectivity index (χ1) is 20.7. The van der Waals surface area contributed by atoms with Crippen LogP contribution in [0.15, 0.2) is 109 Å². The van der Waals surface area contributed by atoms with E-state index in [0.717, 1.165) is 56.0 Å². The van der Waals surface area contributed by atoms with Gasteiger partial charge in [-0.2, -0.15) is 0 Å². The minimum atomic E-state index is 0. The first-order valence-corrected chi connectivity index (χ1v) is 14.2. The van der Waals surface area contributed by atoms with Crippen LogP contribution in [0.25, 0.3) is 89.8 Å². The van der Waals surface area contributed by atoms with Gasteiger partial charge in [-0.1, -0.05) is 54.6 Å². The number of benzene rings is 4. The number of hydrogen-bond acceptors (Lipinski definition) is 2. The Hall–Kier alpha value is -4.35. The maximum Gasteiger partial charge on any atom is 3.00 e. The van der Waals surface area contributed by atoms with Crippen LogP contribution < -0.4 is 37.2 Å². The molecule has 8 heteroatoms. The smallest absolute Gasteiger partial charge is 1.00 e. The van der Waals surface area contributed by atoms with Gasteiger partial charge in [0.25, 0.3) is 0 Å². The van der Waals surface area contributed by atoms with E-state index >= 15 is 0 Å². The summed E-state index contributed by atoms with van der Waals surface area (Å²) >= 11 is 0. The Labute approximate surface area is 294 Å². The van der Waals surface area contributed by atoms with Crippen molar-refractivity contribution < 1.29 is 54.3 Å². The Bertz CT molecular complexity index is 2490. The summed E-state index contributed by atoms with van der Waals surface area (Å²) in [5.74, 6) is 0. The molecule has 2 N–H and O–H groups in total. The van der Waals surface area contributed by atoms with Crippen molar-refractivity contribution in [3.05, 3.63) is 132 Å². The summed E-state index contributed by atoms with van der Waals surface area (Å²) in [5.41, 5.74) is 9.92. The largest absolute Gasteiger partial charge is 3.00 e. The van der Waals surface area contributed by atoms with Crippen molar-refractivity contribution in [3.8, 4) is 11.1 Å². The quantitative estimate of drug-likeness (QED) is 0.152. The van der Waals surface area contributed by atoms with Crippen LogP contribution in [-0.4, -0.2) is 19.9 Å². The van der Waals surface area contributed by atoms with E-state index in [0.29, 0.717) is 0 Å². The average molecular weight is 699 g/mol. The predicted molar refractivity (Wildman–Crippen MR) is 177 cm³/mol. The molecule has 7 aromatic rings. The molecular weight excluding hydrogens is 675 g/mol. The zero-order valence-electron chi connectivity index (χ0n) is 24.1. The third kappa shape index (κ3) is 5.73. The molecule has 3 aromatic heterocycles. The number of H-pyrrole nitrogens is 2. The SMILES string of the molecule is C1=Cc2cc3ccc([nH]3)c(-c3cccc4ccc5cc6ccccc6cc5c34)c3nc(cc4ccc(cc1n2)[nH]4)C=C3.[Cl-].[Cl-].[Cl-].[Fe+3]. The second kappa shape index (κ2) is 13.2. The predicted octanol–water partition coefficient (Wildman–Crippen LogP) is 0.792. The summed E-state index contributed by atoms with van der Waals surface area (Å²) in [7, 11) is 0. The van der Waals surface area contributed by atoms with Crippen molar-refractivity contribution >= 4 is 78.7 Å². The molecule has 0 atom stereocenters. The molecule has 2 aliphatic rings. The minimum Gasteiger partial charge on any atom is -1.00 e. The summed E-state index contributed by atoms with van der Waals surface area (Å²) in [6, 6.07) is 38.9. The van der Waals surface area contributed by atoms with Gasteiger partial charge in [-0.05, 0) is 117 Å². The van der Waals surface area contributed by atoms with Crippen LogP contribution in [0.2, 0.25) is 0 Å². The molecule has 2 aliphatic heterocycles. The number of hydrogen-bond donors (Lipinski definition) is 2. The molecule has 5 heterocycles. The third-order valence-corrected chi connectivity index (χ3v) is 8.22. The van der Waals surface area contributed by atoms with Crippen molar-refractivity contribution in [1.29, 1.82) is 0 Å². The molecule has 0 amide bonds. The molecule has 8 bridgehead atoms. The van der Waals surface area contributed by atoms with Gasteiger partial charge in [-0.15, -0.1) is 0 Å². The number of halogens is 3. The van der Waals surface area contributed by atoms with E-state index in [1.54, 1.807) is 0 Å². The van der Waals surface area contributed by atoms with Gasteiger partial charge in [0, 0.05) is 27.6 Å². The summed E-state index contributed by atoms with van der Waals surface area (Å²) in [6.45, 7) is 0. The fourth-order valence-electron chi connectivity index (χ4n) is 6.30. The molecule has 0 aliphatic carbocycles. The van der Waals surface area contributed by atoms with Gasteiger partial charge in [0.05, 0.1) is 22.8 Å². The number of aromatic nitrogens is 4. The fraction of sp³-hybridized carbons (Fsp3) is 0. The van der Waals surface area contributed by atoms with E-state index in [-0.39, 0.29) is 54.3 Å². The Morgan fingerprint density at radius 1 is 0.457 bits per heavy atom. The number of aromatic amines is 2. The van der Waals surface area contributed by atoms with Crippen LogP contribution in [0.4, 0.5) is 0 Å². The molecule has 1 radical (unpaired) electrons. The number of nitrogens with zero attached hydrogens (tertiary/aromatic N) is 2. The molecule has 225 valence electrons. The summed E-state index contributed by atoms with van der Waals surface area (Å²) < 4.78 is 0. The molecule has 4 nitrogen and oxygen atoms in total. The van der Waals surface area contributed by atoms with Crippen LogP contribution in [0.3, 0.4) is 0 Å². The van der Waals surface area contributed by atoms with Crippen molar-refractivity contribution in [3.63, 3.8) is 0 Å². The summed E-state index contributed by atoms with van der Waals surface area (Å²) in [5, 5.41) is 7.38. The van der Waals surface area contributed by atoms with Gasteiger partial charge >= 0.3 is 17.1 Å². The molecule has 46 heavy (non-hydrogen) atoms.